The maximum atomic E-state index is 13.2. The molecule has 0 aliphatic rings. The zero-order chi connectivity index (χ0) is 20.5. The first-order chi connectivity index (χ1) is 14.7. The molecule has 0 fully saturated rings. The molecule has 1 aromatic heterocycles. The van der Waals surface area contributed by atoms with Gasteiger partial charge in [-0.2, -0.15) is 0 Å². The van der Waals surface area contributed by atoms with Crippen molar-refractivity contribution in [1.82, 2.24) is 5.32 Å². The minimum absolute atomic E-state index is 0.229. The average Bonchev–Trinajstić information content (AvgIpc) is 3.24. The largest absolute Gasteiger partial charge is 0.451 e. The van der Waals surface area contributed by atoms with Crippen molar-refractivity contribution in [2.45, 2.75) is 13.0 Å². The number of benzene rings is 4. The van der Waals surface area contributed by atoms with Gasteiger partial charge in [-0.15, -0.1) is 0 Å². The summed E-state index contributed by atoms with van der Waals surface area (Å²) in [6.45, 7) is 2.06. The first-order valence-corrected chi connectivity index (χ1v) is 10.0. The fourth-order valence-corrected chi connectivity index (χ4v) is 4.00. The Bertz CT molecular complexity index is 1350. The van der Waals surface area contributed by atoms with E-state index in [0.29, 0.717) is 11.3 Å². The Kier molecular flexibility index (Phi) is 4.56. The van der Waals surface area contributed by atoms with E-state index in [9.17, 15) is 4.79 Å². The maximum Gasteiger partial charge on any atom is 0.287 e. The van der Waals surface area contributed by atoms with Crippen molar-refractivity contribution in [1.29, 1.82) is 0 Å². The molecule has 0 radical (unpaired) electrons. The highest BCUT2D eigenvalue weighted by Crippen LogP contribution is 2.29. The predicted octanol–water partition coefficient (Wildman–Crippen LogP) is 6.41. The summed E-state index contributed by atoms with van der Waals surface area (Å²) in [7, 11) is 0. The number of hydrogen-bond donors (Lipinski definition) is 1. The van der Waals surface area contributed by atoms with Crippen molar-refractivity contribution in [3.8, 4) is 0 Å². The average molecular weight is 391 g/mol. The third kappa shape index (κ3) is 3.25. The van der Waals surface area contributed by atoms with Gasteiger partial charge in [0, 0.05) is 5.39 Å². The highest BCUT2D eigenvalue weighted by molar-refractivity contribution is 6.08. The molecular formula is C27H21NO2. The van der Waals surface area contributed by atoms with Crippen LogP contribution in [0.15, 0.2) is 101 Å². The molecule has 0 aliphatic carbocycles. The van der Waals surface area contributed by atoms with Crippen molar-refractivity contribution in [2.24, 2.45) is 0 Å². The van der Waals surface area contributed by atoms with Gasteiger partial charge >= 0.3 is 0 Å². The highest BCUT2D eigenvalue weighted by Gasteiger charge is 2.21. The van der Waals surface area contributed by atoms with Gasteiger partial charge in [-0.25, -0.2) is 0 Å². The number of furan rings is 1. The Hall–Kier alpha value is -3.85. The number of nitrogens with one attached hydrogen (secondary N) is 1. The van der Waals surface area contributed by atoms with Gasteiger partial charge < -0.3 is 9.73 Å². The number of rotatable bonds is 4. The van der Waals surface area contributed by atoms with E-state index in [0.717, 1.165) is 32.8 Å². The monoisotopic (exact) mass is 391 g/mol. The number of aryl methyl sites for hydroxylation is 1. The first-order valence-electron chi connectivity index (χ1n) is 10.0. The molecule has 1 atom stereocenters. The van der Waals surface area contributed by atoms with Gasteiger partial charge in [0.05, 0.1) is 6.04 Å². The van der Waals surface area contributed by atoms with E-state index in [1.165, 1.54) is 0 Å². The van der Waals surface area contributed by atoms with Crippen LogP contribution in [0.25, 0.3) is 21.7 Å². The molecule has 30 heavy (non-hydrogen) atoms. The first kappa shape index (κ1) is 18.2. The molecule has 4 aromatic carbocycles. The summed E-state index contributed by atoms with van der Waals surface area (Å²) in [6.07, 6.45) is 0. The summed E-state index contributed by atoms with van der Waals surface area (Å²) in [5, 5.41) is 6.34. The second kappa shape index (κ2) is 7.53. The minimum atomic E-state index is -0.259. The molecule has 5 aromatic rings. The van der Waals surface area contributed by atoms with Gasteiger partial charge in [0.25, 0.3) is 5.91 Å². The summed E-state index contributed by atoms with van der Waals surface area (Å²) >= 11 is 0. The Morgan fingerprint density at radius 3 is 2.37 bits per heavy atom. The van der Waals surface area contributed by atoms with Crippen LogP contribution in [-0.2, 0) is 0 Å². The second-order valence-electron chi connectivity index (χ2n) is 7.48. The fourth-order valence-electron chi connectivity index (χ4n) is 4.00. The van der Waals surface area contributed by atoms with Crippen LogP contribution < -0.4 is 5.32 Å². The number of carbonyl (C=O) groups is 1. The van der Waals surface area contributed by atoms with Crippen molar-refractivity contribution in [2.75, 3.05) is 0 Å². The number of amides is 1. The lowest BCUT2D eigenvalue weighted by molar-refractivity contribution is 0.0917. The number of carbonyl (C=O) groups excluding carboxylic acids is 1. The molecule has 146 valence electrons. The Morgan fingerprint density at radius 1 is 0.800 bits per heavy atom. The maximum absolute atomic E-state index is 13.2. The third-order valence-electron chi connectivity index (χ3n) is 5.56. The third-order valence-corrected chi connectivity index (χ3v) is 5.56. The van der Waals surface area contributed by atoms with Gasteiger partial charge in [-0.1, -0.05) is 84.9 Å². The predicted molar refractivity (Wildman–Crippen MR) is 121 cm³/mol. The van der Waals surface area contributed by atoms with Crippen molar-refractivity contribution in [3.05, 3.63) is 120 Å². The zero-order valence-corrected chi connectivity index (χ0v) is 16.6. The summed E-state index contributed by atoms with van der Waals surface area (Å²) in [5.41, 5.74) is 3.94. The molecule has 1 N–H and O–H groups in total. The molecule has 5 rings (SSSR count). The van der Waals surface area contributed by atoms with Gasteiger partial charge in [-0.05, 0) is 46.5 Å². The van der Waals surface area contributed by atoms with Crippen molar-refractivity contribution in [3.63, 3.8) is 0 Å². The topological polar surface area (TPSA) is 42.2 Å². The lowest BCUT2D eigenvalue weighted by Gasteiger charge is -2.21. The van der Waals surface area contributed by atoms with Crippen LogP contribution in [0.3, 0.4) is 0 Å². The van der Waals surface area contributed by atoms with Crippen LogP contribution in [0, 0.1) is 6.92 Å². The summed E-state index contributed by atoms with van der Waals surface area (Å²) in [6, 6.07) is 31.8. The molecule has 0 aliphatic heterocycles. The van der Waals surface area contributed by atoms with E-state index in [1.807, 2.05) is 72.8 Å². The smallest absolute Gasteiger partial charge is 0.287 e. The van der Waals surface area contributed by atoms with Crippen LogP contribution in [0.1, 0.15) is 33.3 Å². The number of hydrogen-bond acceptors (Lipinski definition) is 2. The van der Waals surface area contributed by atoms with Crippen molar-refractivity contribution >= 4 is 27.6 Å². The van der Waals surface area contributed by atoms with E-state index >= 15 is 0 Å². The molecule has 0 spiro atoms. The van der Waals surface area contributed by atoms with E-state index < -0.39 is 0 Å². The highest BCUT2D eigenvalue weighted by atomic mass is 16.3. The molecular weight excluding hydrogens is 370 g/mol. The van der Waals surface area contributed by atoms with Crippen LogP contribution in [0.2, 0.25) is 0 Å². The summed E-state index contributed by atoms with van der Waals surface area (Å²) < 4.78 is 5.93. The molecule has 3 heteroatoms. The van der Waals surface area contributed by atoms with Crippen molar-refractivity contribution < 1.29 is 9.21 Å². The molecule has 0 saturated heterocycles. The molecule has 1 amide bonds. The standard InChI is InChI=1S/C27H21NO2/c1-18-9-5-7-13-21(18)26(20-11-3-2-4-12-20)28-27(29)25-17-23-22-14-8-6-10-19(22)15-16-24(23)30-25/h2-17,26H,1H3,(H,28,29)/t26-/m1/s1. The van der Waals surface area contributed by atoms with E-state index in [2.05, 4.69) is 36.5 Å². The Balaban J connectivity index is 1.55. The SMILES string of the molecule is Cc1ccccc1[C@H](NC(=O)c1cc2c(ccc3ccccc32)o1)c1ccccc1. The lowest BCUT2D eigenvalue weighted by atomic mass is 9.95. The van der Waals surface area contributed by atoms with E-state index in [1.54, 1.807) is 0 Å². The normalized spacial score (nSPS) is 12.2. The van der Waals surface area contributed by atoms with Gasteiger partial charge in [0.15, 0.2) is 5.76 Å². The van der Waals surface area contributed by atoms with Gasteiger partial charge in [-0.3, -0.25) is 4.79 Å². The van der Waals surface area contributed by atoms with Crippen LogP contribution in [0.5, 0.6) is 0 Å². The summed E-state index contributed by atoms with van der Waals surface area (Å²) in [5.74, 6) is 0.0863. The molecule has 0 bridgehead atoms. The Labute approximate surface area is 175 Å². The molecule has 3 nitrogen and oxygen atoms in total. The quantitative estimate of drug-likeness (QED) is 0.384. The van der Waals surface area contributed by atoms with Crippen LogP contribution >= 0.6 is 0 Å². The van der Waals surface area contributed by atoms with Gasteiger partial charge in [0.2, 0.25) is 0 Å². The lowest BCUT2D eigenvalue weighted by Crippen LogP contribution is -2.29. The second-order valence-corrected chi connectivity index (χ2v) is 7.48. The summed E-state index contributed by atoms with van der Waals surface area (Å²) in [4.78, 5) is 13.2. The van der Waals surface area contributed by atoms with Gasteiger partial charge in [0.1, 0.15) is 5.58 Å². The van der Waals surface area contributed by atoms with E-state index in [4.69, 9.17) is 4.42 Å². The fraction of sp³-hybridized carbons (Fsp3) is 0.0741. The molecule has 0 unspecified atom stereocenters. The van der Waals surface area contributed by atoms with Crippen LogP contribution in [-0.4, -0.2) is 5.91 Å². The van der Waals surface area contributed by atoms with E-state index in [-0.39, 0.29) is 11.9 Å². The molecule has 1 heterocycles. The number of fused-ring (bicyclic) bond motifs is 3. The Morgan fingerprint density at radius 2 is 1.53 bits per heavy atom. The zero-order valence-electron chi connectivity index (χ0n) is 16.6. The molecule has 0 saturated carbocycles. The van der Waals surface area contributed by atoms with Crippen LogP contribution in [0.4, 0.5) is 0 Å². The minimum Gasteiger partial charge on any atom is -0.451 e.